The minimum atomic E-state index is -0.230. The summed E-state index contributed by atoms with van der Waals surface area (Å²) >= 11 is 0. The number of fused-ring (bicyclic) bond motifs is 2. The number of anilines is 2. The van der Waals surface area contributed by atoms with Gasteiger partial charge in [0.25, 0.3) is 5.88 Å². The minimum Gasteiger partial charge on any atom is -0.487 e. The molecule has 5 heterocycles. The third-order valence-corrected chi connectivity index (χ3v) is 9.99. The van der Waals surface area contributed by atoms with E-state index in [0.717, 1.165) is 55.7 Å². The van der Waals surface area contributed by atoms with Crippen molar-refractivity contribution in [2.45, 2.75) is 89.2 Å². The van der Waals surface area contributed by atoms with Crippen LogP contribution in [0.1, 0.15) is 64.0 Å². The maximum Gasteiger partial charge on any atom is 0.256 e. The monoisotopic (exact) mass is 682 g/mol. The zero-order valence-corrected chi connectivity index (χ0v) is 29.0. The van der Waals surface area contributed by atoms with Gasteiger partial charge in [0.05, 0.1) is 50.8 Å². The lowest BCUT2D eigenvalue weighted by Crippen LogP contribution is -2.52. The topological polar surface area (TPSA) is 150 Å². The van der Waals surface area contributed by atoms with E-state index in [0.29, 0.717) is 67.1 Å². The molecule has 3 aliphatic rings. The number of ether oxygens (including phenoxy) is 4. The highest BCUT2D eigenvalue weighted by Gasteiger charge is 2.42. The van der Waals surface area contributed by atoms with Crippen LogP contribution in [0.3, 0.4) is 0 Å². The van der Waals surface area contributed by atoms with Crippen LogP contribution in [-0.2, 0) is 16.0 Å². The Morgan fingerprint density at radius 3 is 2.42 bits per heavy atom. The smallest absolute Gasteiger partial charge is 0.256 e. The van der Waals surface area contributed by atoms with Crippen molar-refractivity contribution >= 4 is 11.6 Å². The molecular weight excluding hydrogens is 636 g/mol. The van der Waals surface area contributed by atoms with Crippen molar-refractivity contribution in [3.05, 3.63) is 55.0 Å². The van der Waals surface area contributed by atoms with Crippen molar-refractivity contribution in [1.29, 1.82) is 5.26 Å². The maximum atomic E-state index is 9.70. The van der Waals surface area contributed by atoms with Gasteiger partial charge in [0.1, 0.15) is 36.3 Å². The summed E-state index contributed by atoms with van der Waals surface area (Å²) in [5, 5.41) is 22.1. The molecule has 0 amide bonds. The summed E-state index contributed by atoms with van der Waals surface area (Å²) in [6.45, 7) is 7.36. The molecule has 2 saturated heterocycles. The number of morpholine rings is 1. The Hall–Kier alpha value is -4.58. The van der Waals surface area contributed by atoms with Gasteiger partial charge in [0, 0.05) is 49.1 Å². The third kappa shape index (κ3) is 7.75. The van der Waals surface area contributed by atoms with Crippen molar-refractivity contribution in [2.24, 2.45) is 5.92 Å². The van der Waals surface area contributed by atoms with E-state index in [1.54, 1.807) is 36.6 Å². The van der Waals surface area contributed by atoms with Gasteiger partial charge in [0.2, 0.25) is 5.95 Å². The number of aromatic nitrogens is 7. The van der Waals surface area contributed by atoms with Crippen molar-refractivity contribution in [3.63, 3.8) is 0 Å². The molecular formula is C36H46N10O4. The molecule has 1 saturated carbocycles. The van der Waals surface area contributed by atoms with Crippen molar-refractivity contribution in [2.75, 3.05) is 38.9 Å². The molecule has 1 N–H and O–H groups in total. The lowest BCUT2D eigenvalue weighted by molar-refractivity contribution is -0.0458. The first-order chi connectivity index (χ1) is 24.5. The summed E-state index contributed by atoms with van der Waals surface area (Å²) < 4.78 is 27.3. The Morgan fingerprint density at radius 2 is 1.72 bits per heavy atom. The van der Waals surface area contributed by atoms with E-state index in [1.165, 1.54) is 19.2 Å². The van der Waals surface area contributed by atoms with E-state index in [-0.39, 0.29) is 12.0 Å². The predicted molar refractivity (Wildman–Crippen MR) is 185 cm³/mol. The molecule has 3 aromatic heterocycles. The van der Waals surface area contributed by atoms with Crippen LogP contribution in [0.4, 0.5) is 11.6 Å². The summed E-state index contributed by atoms with van der Waals surface area (Å²) in [5.41, 5.74) is 2.80. The van der Waals surface area contributed by atoms with Crippen LogP contribution >= 0.6 is 0 Å². The molecule has 2 aliphatic heterocycles. The Morgan fingerprint density at radius 1 is 0.980 bits per heavy atom. The van der Waals surface area contributed by atoms with E-state index in [9.17, 15) is 5.26 Å². The molecule has 3 unspecified atom stereocenters. The second kappa shape index (κ2) is 15.5. The number of nitriles is 1. The largest absolute Gasteiger partial charge is 0.487 e. The van der Waals surface area contributed by atoms with Gasteiger partial charge in [-0.05, 0) is 63.1 Å². The highest BCUT2D eigenvalue weighted by Crippen LogP contribution is 2.39. The van der Waals surface area contributed by atoms with Crippen LogP contribution in [0.2, 0.25) is 0 Å². The van der Waals surface area contributed by atoms with Gasteiger partial charge >= 0.3 is 0 Å². The SMILES string of the molecule is COCC(C)COc1nn(C2CCC(N3C4CCC3COC4)CC2)cc1Nc1ncc(-c2ccc(C#N)c(O[C@@H](C)Cn3cncn3)c2)cn1. The zero-order chi connectivity index (χ0) is 34.5. The standard InChI is InChI=1S/C36H46N10O4/c1-24(18-47-3)19-49-35-33(17-45(43-35)29-6-8-30(9-7-29)46-31-10-11-32(46)21-48-20-31)42-36-39-14-28(15-40-36)26-4-5-27(13-37)34(12-26)50-25(2)16-44-23-38-22-41-44/h4-5,12,14-15,17,22-25,29-32H,6-11,16,18-21H2,1-3H3,(H,39,40,42)/t24?,25-,29?,30?,31?,32?/m0/s1. The average Bonchev–Trinajstić information content (AvgIpc) is 3.85. The summed E-state index contributed by atoms with van der Waals surface area (Å²) in [7, 11) is 1.70. The van der Waals surface area contributed by atoms with Gasteiger partial charge in [-0.15, -0.1) is 5.10 Å². The van der Waals surface area contributed by atoms with Crippen LogP contribution in [0.5, 0.6) is 11.6 Å². The first-order valence-electron chi connectivity index (χ1n) is 17.7. The normalized spacial score (nSPS) is 23.2. The van der Waals surface area contributed by atoms with E-state index in [2.05, 4.69) is 47.9 Å². The number of nitrogens with one attached hydrogen (secondary N) is 1. The van der Waals surface area contributed by atoms with Gasteiger partial charge in [-0.2, -0.15) is 10.4 Å². The molecule has 4 atom stereocenters. The summed E-state index contributed by atoms with van der Waals surface area (Å²) in [6, 6.07) is 9.78. The van der Waals surface area contributed by atoms with Crippen molar-refractivity contribution in [3.8, 4) is 28.8 Å². The number of nitrogens with zero attached hydrogens (tertiary/aromatic N) is 9. The fourth-order valence-corrected chi connectivity index (χ4v) is 7.58. The molecule has 1 aromatic carbocycles. The summed E-state index contributed by atoms with van der Waals surface area (Å²) in [5.74, 6) is 1.66. The third-order valence-electron chi connectivity index (χ3n) is 9.99. The zero-order valence-electron chi connectivity index (χ0n) is 29.0. The minimum absolute atomic E-state index is 0.208. The number of hydrogen-bond donors (Lipinski definition) is 1. The van der Waals surface area contributed by atoms with Crippen LogP contribution in [0, 0.1) is 17.2 Å². The second-order valence-corrected chi connectivity index (χ2v) is 13.8. The molecule has 14 nitrogen and oxygen atoms in total. The van der Waals surface area contributed by atoms with Crippen LogP contribution in [0.25, 0.3) is 11.1 Å². The number of hydrogen-bond acceptors (Lipinski definition) is 12. The fraction of sp³-hybridized carbons (Fsp3) is 0.556. The molecule has 14 heteroatoms. The lowest BCUT2D eigenvalue weighted by atomic mass is 9.89. The van der Waals surface area contributed by atoms with E-state index < -0.39 is 0 Å². The molecule has 4 aromatic rings. The molecule has 0 spiro atoms. The Labute approximate surface area is 292 Å². The predicted octanol–water partition coefficient (Wildman–Crippen LogP) is 5.02. The quantitative estimate of drug-likeness (QED) is 0.190. The Balaban J connectivity index is 1.04. The Bertz CT molecular complexity index is 1720. The fourth-order valence-electron chi connectivity index (χ4n) is 7.58. The number of rotatable bonds is 14. The van der Waals surface area contributed by atoms with Gasteiger partial charge < -0.3 is 24.3 Å². The highest BCUT2D eigenvalue weighted by molar-refractivity contribution is 5.67. The Kier molecular flexibility index (Phi) is 10.5. The molecule has 0 radical (unpaired) electrons. The lowest BCUT2D eigenvalue weighted by Gasteiger charge is -2.43. The molecule has 3 fully saturated rings. The van der Waals surface area contributed by atoms with Crippen LogP contribution in [0.15, 0.2) is 49.4 Å². The summed E-state index contributed by atoms with van der Waals surface area (Å²) in [6.07, 6.45) is 15.4. The second-order valence-electron chi connectivity index (χ2n) is 13.8. The van der Waals surface area contributed by atoms with Gasteiger partial charge in [-0.25, -0.2) is 19.6 Å². The van der Waals surface area contributed by atoms with Crippen LogP contribution < -0.4 is 14.8 Å². The van der Waals surface area contributed by atoms with Crippen LogP contribution in [-0.4, -0.2) is 97.2 Å². The number of methoxy groups -OCH3 is 1. The molecule has 1 aliphatic carbocycles. The van der Waals surface area contributed by atoms with E-state index >= 15 is 0 Å². The number of benzene rings is 1. The molecule has 7 rings (SSSR count). The highest BCUT2D eigenvalue weighted by atomic mass is 16.5. The first kappa shape index (κ1) is 33.9. The molecule has 264 valence electrons. The van der Waals surface area contributed by atoms with E-state index in [1.807, 2.05) is 25.3 Å². The molecule has 50 heavy (non-hydrogen) atoms. The van der Waals surface area contributed by atoms with Gasteiger partial charge in [0.15, 0.2) is 0 Å². The first-order valence-corrected chi connectivity index (χ1v) is 17.7. The summed E-state index contributed by atoms with van der Waals surface area (Å²) in [4.78, 5) is 16.0. The maximum absolute atomic E-state index is 9.70. The van der Waals surface area contributed by atoms with Gasteiger partial charge in [-0.1, -0.05) is 13.0 Å². The molecule has 2 bridgehead atoms. The van der Waals surface area contributed by atoms with Crippen molar-refractivity contribution < 1.29 is 18.9 Å². The van der Waals surface area contributed by atoms with Gasteiger partial charge in [-0.3, -0.25) is 9.58 Å². The van der Waals surface area contributed by atoms with E-state index in [4.69, 9.17) is 24.0 Å². The van der Waals surface area contributed by atoms with Crippen molar-refractivity contribution in [1.82, 2.24) is 39.4 Å². The average molecular weight is 683 g/mol.